The Bertz CT molecular complexity index is 625. The predicted molar refractivity (Wildman–Crippen MR) is 88.1 cm³/mol. The van der Waals surface area contributed by atoms with Crippen LogP contribution in [-0.2, 0) is 0 Å². The van der Waals surface area contributed by atoms with Crippen LogP contribution in [0.1, 0.15) is 18.0 Å². The first-order valence-corrected chi connectivity index (χ1v) is 8.68. The third-order valence-corrected chi connectivity index (χ3v) is 5.29. The van der Waals surface area contributed by atoms with Crippen molar-refractivity contribution >= 4 is 27.3 Å². The molecule has 112 valence electrons. The standard InChI is InChI=1S/C15H17BrFN3S/c1-10(20-6-4-18-5-7-20)15-19-14(9-21-15)12-3-2-11(16)8-13(12)17/h2-3,8-10,18H,4-7H2,1H3. The van der Waals surface area contributed by atoms with E-state index in [0.29, 0.717) is 5.56 Å². The summed E-state index contributed by atoms with van der Waals surface area (Å²) in [5.74, 6) is -0.240. The Morgan fingerprint density at radius 3 is 2.86 bits per heavy atom. The number of hydrogen-bond donors (Lipinski definition) is 1. The summed E-state index contributed by atoms with van der Waals surface area (Å²) < 4.78 is 14.8. The van der Waals surface area contributed by atoms with E-state index in [0.717, 1.165) is 41.4 Å². The normalized spacial score (nSPS) is 17.9. The molecule has 2 heterocycles. The fraction of sp³-hybridized carbons (Fsp3) is 0.400. The summed E-state index contributed by atoms with van der Waals surface area (Å²) in [5.41, 5.74) is 1.29. The van der Waals surface area contributed by atoms with Crippen molar-refractivity contribution in [1.29, 1.82) is 0 Å². The molecule has 0 saturated carbocycles. The lowest BCUT2D eigenvalue weighted by Gasteiger charge is -2.31. The predicted octanol–water partition coefficient (Wildman–Crippen LogP) is 3.68. The largest absolute Gasteiger partial charge is 0.314 e. The van der Waals surface area contributed by atoms with Gasteiger partial charge in [0.1, 0.15) is 10.8 Å². The molecule has 1 aliphatic heterocycles. The van der Waals surface area contributed by atoms with E-state index in [2.05, 4.69) is 38.1 Å². The molecule has 1 aromatic heterocycles. The molecule has 0 spiro atoms. The number of rotatable bonds is 3. The van der Waals surface area contributed by atoms with Crippen molar-refractivity contribution in [3.63, 3.8) is 0 Å². The highest BCUT2D eigenvalue weighted by Gasteiger charge is 2.21. The molecular weight excluding hydrogens is 353 g/mol. The average molecular weight is 370 g/mol. The summed E-state index contributed by atoms with van der Waals surface area (Å²) in [6.45, 7) is 6.27. The van der Waals surface area contributed by atoms with Crippen LogP contribution < -0.4 is 5.32 Å². The Labute approximate surface area is 136 Å². The molecule has 0 bridgehead atoms. The quantitative estimate of drug-likeness (QED) is 0.894. The SMILES string of the molecule is CC(c1nc(-c2ccc(Br)cc2F)cs1)N1CCNCC1. The summed E-state index contributed by atoms with van der Waals surface area (Å²) in [5, 5.41) is 6.35. The van der Waals surface area contributed by atoms with Crippen LogP contribution >= 0.6 is 27.3 Å². The first-order chi connectivity index (χ1) is 10.1. The molecule has 1 N–H and O–H groups in total. The Balaban J connectivity index is 1.82. The molecule has 0 aliphatic carbocycles. The third-order valence-electron chi connectivity index (χ3n) is 3.79. The minimum atomic E-state index is -0.240. The van der Waals surface area contributed by atoms with Crippen molar-refractivity contribution in [1.82, 2.24) is 15.2 Å². The van der Waals surface area contributed by atoms with Gasteiger partial charge in [0, 0.05) is 41.6 Å². The molecule has 1 saturated heterocycles. The van der Waals surface area contributed by atoms with Gasteiger partial charge in [-0.1, -0.05) is 15.9 Å². The minimum absolute atomic E-state index is 0.240. The van der Waals surface area contributed by atoms with Crippen molar-refractivity contribution in [2.75, 3.05) is 26.2 Å². The second kappa shape index (κ2) is 6.52. The highest BCUT2D eigenvalue weighted by molar-refractivity contribution is 9.10. The number of thiazole rings is 1. The molecule has 1 atom stereocenters. The number of nitrogens with one attached hydrogen (secondary N) is 1. The highest BCUT2D eigenvalue weighted by atomic mass is 79.9. The summed E-state index contributed by atoms with van der Waals surface area (Å²) in [6, 6.07) is 5.38. The fourth-order valence-electron chi connectivity index (χ4n) is 2.53. The summed E-state index contributed by atoms with van der Waals surface area (Å²) in [7, 11) is 0. The van der Waals surface area contributed by atoms with Gasteiger partial charge in [-0.25, -0.2) is 9.37 Å². The molecule has 6 heteroatoms. The van der Waals surface area contributed by atoms with Gasteiger partial charge >= 0.3 is 0 Å². The summed E-state index contributed by atoms with van der Waals surface area (Å²) >= 11 is 4.89. The summed E-state index contributed by atoms with van der Waals surface area (Å²) in [4.78, 5) is 7.06. The molecule has 3 rings (SSSR count). The van der Waals surface area contributed by atoms with Crippen molar-refractivity contribution in [2.45, 2.75) is 13.0 Å². The topological polar surface area (TPSA) is 28.2 Å². The Morgan fingerprint density at radius 2 is 2.14 bits per heavy atom. The lowest BCUT2D eigenvalue weighted by atomic mass is 10.1. The molecule has 0 radical (unpaired) electrons. The molecule has 21 heavy (non-hydrogen) atoms. The summed E-state index contributed by atoms with van der Waals surface area (Å²) in [6.07, 6.45) is 0. The zero-order chi connectivity index (χ0) is 14.8. The van der Waals surface area contributed by atoms with Crippen LogP contribution in [0.15, 0.2) is 28.1 Å². The van der Waals surface area contributed by atoms with E-state index < -0.39 is 0 Å². The van der Waals surface area contributed by atoms with Crippen LogP contribution in [0.25, 0.3) is 11.3 Å². The van der Waals surface area contributed by atoms with Crippen LogP contribution in [0.5, 0.6) is 0 Å². The zero-order valence-electron chi connectivity index (χ0n) is 11.8. The lowest BCUT2D eigenvalue weighted by molar-refractivity contribution is 0.185. The highest BCUT2D eigenvalue weighted by Crippen LogP contribution is 2.30. The Hall–Kier alpha value is -0.820. The number of hydrogen-bond acceptors (Lipinski definition) is 4. The van der Waals surface area contributed by atoms with Crippen molar-refractivity contribution < 1.29 is 4.39 Å². The van der Waals surface area contributed by atoms with Crippen LogP contribution in [-0.4, -0.2) is 36.1 Å². The van der Waals surface area contributed by atoms with Crippen molar-refractivity contribution in [3.8, 4) is 11.3 Å². The molecule has 1 aromatic carbocycles. The molecule has 1 fully saturated rings. The van der Waals surface area contributed by atoms with E-state index in [-0.39, 0.29) is 11.9 Å². The molecule has 2 aromatic rings. The van der Waals surface area contributed by atoms with Gasteiger partial charge in [0.05, 0.1) is 11.7 Å². The Kier molecular flexibility index (Phi) is 4.69. The number of aromatic nitrogens is 1. The first-order valence-electron chi connectivity index (χ1n) is 7.01. The third kappa shape index (κ3) is 3.34. The number of piperazine rings is 1. The molecule has 0 amide bonds. The maximum atomic E-state index is 14.0. The second-order valence-corrected chi connectivity index (χ2v) is 6.96. The molecular formula is C15H17BrFN3S. The number of benzene rings is 1. The van der Waals surface area contributed by atoms with E-state index in [1.807, 2.05) is 11.4 Å². The van der Waals surface area contributed by atoms with Gasteiger partial charge < -0.3 is 5.32 Å². The van der Waals surface area contributed by atoms with E-state index in [4.69, 9.17) is 0 Å². The van der Waals surface area contributed by atoms with Gasteiger partial charge in [0.2, 0.25) is 0 Å². The Morgan fingerprint density at radius 1 is 1.38 bits per heavy atom. The maximum absolute atomic E-state index is 14.0. The van der Waals surface area contributed by atoms with Gasteiger partial charge in [0.15, 0.2) is 0 Å². The minimum Gasteiger partial charge on any atom is -0.314 e. The van der Waals surface area contributed by atoms with Crippen LogP contribution in [0.4, 0.5) is 4.39 Å². The van der Waals surface area contributed by atoms with Gasteiger partial charge in [-0.15, -0.1) is 11.3 Å². The smallest absolute Gasteiger partial charge is 0.133 e. The van der Waals surface area contributed by atoms with Crippen LogP contribution in [0.3, 0.4) is 0 Å². The molecule has 1 unspecified atom stereocenters. The van der Waals surface area contributed by atoms with Crippen LogP contribution in [0, 0.1) is 5.82 Å². The monoisotopic (exact) mass is 369 g/mol. The first kappa shape index (κ1) is 15.1. The fourth-order valence-corrected chi connectivity index (χ4v) is 3.77. The number of nitrogens with zero attached hydrogens (tertiary/aromatic N) is 2. The lowest BCUT2D eigenvalue weighted by Crippen LogP contribution is -2.44. The second-order valence-electron chi connectivity index (χ2n) is 5.16. The van der Waals surface area contributed by atoms with Gasteiger partial charge in [-0.3, -0.25) is 4.90 Å². The van der Waals surface area contributed by atoms with Crippen molar-refractivity contribution in [2.24, 2.45) is 0 Å². The maximum Gasteiger partial charge on any atom is 0.133 e. The van der Waals surface area contributed by atoms with E-state index >= 15 is 0 Å². The molecule has 1 aliphatic rings. The zero-order valence-corrected chi connectivity index (χ0v) is 14.2. The number of halogens is 2. The average Bonchev–Trinajstić information content (AvgIpc) is 2.97. The van der Waals surface area contributed by atoms with Crippen molar-refractivity contribution in [3.05, 3.63) is 38.9 Å². The molecule has 3 nitrogen and oxygen atoms in total. The van der Waals surface area contributed by atoms with E-state index in [9.17, 15) is 4.39 Å². The van der Waals surface area contributed by atoms with E-state index in [1.54, 1.807) is 17.4 Å². The van der Waals surface area contributed by atoms with Gasteiger partial charge in [-0.05, 0) is 25.1 Å². The van der Waals surface area contributed by atoms with Crippen LogP contribution in [0.2, 0.25) is 0 Å². The van der Waals surface area contributed by atoms with Gasteiger partial charge in [-0.2, -0.15) is 0 Å². The van der Waals surface area contributed by atoms with E-state index in [1.165, 1.54) is 6.07 Å². The van der Waals surface area contributed by atoms with Gasteiger partial charge in [0.25, 0.3) is 0 Å².